The van der Waals surface area contributed by atoms with Gasteiger partial charge in [-0.05, 0) is 108 Å². The SMILES string of the molecule is O=C(NS(=O)(=O)c1ccc(NCC2CCOCC2)c([N+](=O)[O-])c1)c1ccc(-c2ccc(N3CCOCC3c3ccccc3C3CC3)cc2)cc1Oc1cnc2[nH]ccc2c1. The van der Waals surface area contributed by atoms with Crippen molar-refractivity contribution < 1.29 is 32.3 Å². The standard InChI is InChI=1S/C45H44N6O8S/c52-45(49-60(55,56)36-12-14-40(41(25-36)51(53)54)47-26-29-16-20-57-21-17-29)39-13-9-32(24-43(39)59-35-23-33-15-18-46-44(33)48-27-35)30-7-10-34(11-8-30)50-19-22-58-28-42(50)38-4-2-1-3-37(38)31-5-6-31/h1-4,7-15,18,23-25,27,29,31,42,47H,5-6,16-17,19-22,26,28H2,(H,46,48)(H,49,52). The molecule has 4 aromatic carbocycles. The number of ether oxygens (including phenoxy) is 3. The van der Waals surface area contributed by atoms with Gasteiger partial charge < -0.3 is 29.4 Å². The molecule has 1 saturated carbocycles. The van der Waals surface area contributed by atoms with E-state index < -0.39 is 31.4 Å². The Morgan fingerprint density at radius 3 is 2.47 bits per heavy atom. The smallest absolute Gasteiger partial charge is 0.293 e. The third-order valence-electron chi connectivity index (χ3n) is 11.5. The lowest BCUT2D eigenvalue weighted by Crippen LogP contribution is -2.40. The summed E-state index contributed by atoms with van der Waals surface area (Å²) in [6, 6.07) is 29.0. The van der Waals surface area contributed by atoms with Crippen molar-refractivity contribution in [3.8, 4) is 22.6 Å². The van der Waals surface area contributed by atoms with Crippen LogP contribution in [0.3, 0.4) is 0 Å². The van der Waals surface area contributed by atoms with Crippen molar-refractivity contribution in [2.75, 3.05) is 49.7 Å². The van der Waals surface area contributed by atoms with Crippen molar-refractivity contribution in [2.24, 2.45) is 5.92 Å². The van der Waals surface area contributed by atoms with Crippen molar-refractivity contribution >= 4 is 44.0 Å². The summed E-state index contributed by atoms with van der Waals surface area (Å²) in [4.78, 5) is 34.7. The lowest BCUT2D eigenvalue weighted by atomic mass is 9.95. The van der Waals surface area contributed by atoms with Crippen LogP contribution in [-0.2, 0) is 19.5 Å². The van der Waals surface area contributed by atoms with E-state index in [9.17, 15) is 23.3 Å². The molecule has 60 heavy (non-hydrogen) atoms. The summed E-state index contributed by atoms with van der Waals surface area (Å²) in [6.45, 7) is 3.71. The third kappa shape index (κ3) is 8.41. The molecule has 2 aromatic heterocycles. The van der Waals surface area contributed by atoms with E-state index in [1.165, 1.54) is 48.4 Å². The Morgan fingerprint density at radius 2 is 1.68 bits per heavy atom. The van der Waals surface area contributed by atoms with E-state index in [1.807, 2.05) is 18.2 Å². The fraction of sp³-hybridized carbons (Fsp3) is 0.289. The number of fused-ring (bicyclic) bond motifs is 1. The molecular formula is C45H44N6O8S. The Bertz CT molecular complexity index is 2660. The second-order valence-corrected chi connectivity index (χ2v) is 17.1. The summed E-state index contributed by atoms with van der Waals surface area (Å²) in [5.41, 5.74) is 5.70. The van der Waals surface area contributed by atoms with Gasteiger partial charge in [-0.2, -0.15) is 0 Å². The van der Waals surface area contributed by atoms with Crippen molar-refractivity contribution in [1.82, 2.24) is 14.7 Å². The zero-order valence-electron chi connectivity index (χ0n) is 32.7. The van der Waals surface area contributed by atoms with Gasteiger partial charge in [0.1, 0.15) is 22.8 Å². The van der Waals surface area contributed by atoms with Gasteiger partial charge >= 0.3 is 0 Å². The average molecular weight is 829 g/mol. The first-order valence-corrected chi connectivity index (χ1v) is 21.6. The Morgan fingerprint density at radius 1 is 0.900 bits per heavy atom. The van der Waals surface area contributed by atoms with Crippen LogP contribution in [0.25, 0.3) is 22.2 Å². The highest BCUT2D eigenvalue weighted by Crippen LogP contribution is 2.45. The van der Waals surface area contributed by atoms with Crippen LogP contribution in [-0.4, -0.2) is 68.7 Å². The quantitative estimate of drug-likeness (QED) is 0.0753. The second kappa shape index (κ2) is 16.8. The topological polar surface area (TPSA) is 178 Å². The minimum Gasteiger partial charge on any atom is -0.455 e. The van der Waals surface area contributed by atoms with Crippen LogP contribution in [0.1, 0.15) is 59.1 Å². The minimum atomic E-state index is -4.57. The lowest BCUT2D eigenvalue weighted by Gasteiger charge is -2.38. The van der Waals surface area contributed by atoms with Crippen LogP contribution in [0.2, 0.25) is 0 Å². The normalized spacial score (nSPS) is 17.3. The number of benzene rings is 4. The number of carbonyl (C=O) groups excluding carboxylic acids is 1. The number of aromatic nitrogens is 2. The number of H-pyrrole nitrogens is 1. The molecule has 1 atom stereocenters. The van der Waals surface area contributed by atoms with Crippen LogP contribution in [0.5, 0.6) is 11.5 Å². The summed E-state index contributed by atoms with van der Waals surface area (Å²) in [7, 11) is -4.57. The van der Waals surface area contributed by atoms with E-state index >= 15 is 0 Å². The van der Waals surface area contributed by atoms with Crippen LogP contribution >= 0.6 is 0 Å². The molecule has 0 spiro atoms. The molecule has 15 heteroatoms. The molecule has 9 rings (SSSR count). The molecule has 2 aliphatic heterocycles. The first-order valence-electron chi connectivity index (χ1n) is 20.2. The molecule has 0 radical (unpaired) electrons. The maximum Gasteiger partial charge on any atom is 0.293 e. The summed E-state index contributed by atoms with van der Waals surface area (Å²) >= 11 is 0. The number of aromatic amines is 1. The molecule has 14 nitrogen and oxygen atoms in total. The van der Waals surface area contributed by atoms with Crippen molar-refractivity contribution in [1.29, 1.82) is 0 Å². The number of morpholine rings is 1. The highest BCUT2D eigenvalue weighted by Gasteiger charge is 2.32. The van der Waals surface area contributed by atoms with Crippen LogP contribution in [0.4, 0.5) is 17.1 Å². The predicted molar refractivity (Wildman–Crippen MR) is 227 cm³/mol. The number of hydrogen-bond acceptors (Lipinski definition) is 11. The molecule has 2 saturated heterocycles. The minimum absolute atomic E-state index is 0.0668. The maximum absolute atomic E-state index is 13.9. The number of carbonyl (C=O) groups is 1. The highest BCUT2D eigenvalue weighted by molar-refractivity contribution is 7.90. The number of pyridine rings is 1. The Labute approximate surface area is 347 Å². The van der Waals surface area contributed by atoms with Gasteiger partial charge in [0.05, 0.1) is 40.8 Å². The molecule has 4 heterocycles. The summed E-state index contributed by atoms with van der Waals surface area (Å²) in [6.07, 6.45) is 7.33. The van der Waals surface area contributed by atoms with Gasteiger partial charge in [-0.25, -0.2) is 18.1 Å². The molecule has 308 valence electrons. The Balaban J connectivity index is 0.985. The lowest BCUT2D eigenvalue weighted by molar-refractivity contribution is -0.384. The predicted octanol–water partition coefficient (Wildman–Crippen LogP) is 8.34. The number of hydrogen-bond donors (Lipinski definition) is 3. The van der Waals surface area contributed by atoms with Gasteiger partial charge in [0.25, 0.3) is 21.6 Å². The molecule has 1 aliphatic carbocycles. The monoisotopic (exact) mass is 828 g/mol. The van der Waals surface area contributed by atoms with Gasteiger partial charge in [0.15, 0.2) is 0 Å². The number of anilines is 2. The second-order valence-electron chi connectivity index (χ2n) is 15.4. The van der Waals surface area contributed by atoms with Crippen molar-refractivity contribution in [3.63, 3.8) is 0 Å². The van der Waals surface area contributed by atoms with Gasteiger partial charge in [0.2, 0.25) is 0 Å². The molecule has 6 aromatic rings. The number of nitrogens with zero attached hydrogens (tertiary/aromatic N) is 3. The first kappa shape index (κ1) is 39.2. The third-order valence-corrected chi connectivity index (χ3v) is 12.8. The fourth-order valence-electron chi connectivity index (χ4n) is 8.09. The molecule has 1 unspecified atom stereocenters. The van der Waals surface area contributed by atoms with Gasteiger partial charge in [-0.3, -0.25) is 14.9 Å². The van der Waals surface area contributed by atoms with E-state index in [2.05, 4.69) is 61.3 Å². The molecule has 3 aliphatic rings. The van der Waals surface area contributed by atoms with Crippen LogP contribution < -0.4 is 19.7 Å². The maximum atomic E-state index is 13.9. The van der Waals surface area contributed by atoms with Crippen molar-refractivity contribution in [3.05, 3.63) is 136 Å². The van der Waals surface area contributed by atoms with E-state index in [-0.39, 0.29) is 29.0 Å². The number of nitro benzene ring substituents is 1. The number of rotatable bonds is 13. The largest absolute Gasteiger partial charge is 0.455 e. The Hall–Kier alpha value is -6.29. The Kier molecular flexibility index (Phi) is 10.9. The van der Waals surface area contributed by atoms with Gasteiger partial charge in [0, 0.05) is 49.6 Å². The van der Waals surface area contributed by atoms with E-state index in [1.54, 1.807) is 24.4 Å². The van der Waals surface area contributed by atoms with Gasteiger partial charge in [-0.15, -0.1) is 0 Å². The summed E-state index contributed by atoms with van der Waals surface area (Å²) in [5.74, 6) is 0.321. The number of sulfonamides is 1. The summed E-state index contributed by atoms with van der Waals surface area (Å²) in [5, 5.41) is 15.9. The number of nitro groups is 1. The van der Waals surface area contributed by atoms with E-state index in [0.717, 1.165) is 47.7 Å². The van der Waals surface area contributed by atoms with Crippen LogP contribution in [0, 0.1) is 16.0 Å². The van der Waals surface area contributed by atoms with E-state index in [0.29, 0.717) is 50.3 Å². The average Bonchev–Trinajstić information content (AvgIpc) is 4.02. The molecular weight excluding hydrogens is 785 g/mol. The van der Waals surface area contributed by atoms with Crippen LogP contribution in [0.15, 0.2) is 114 Å². The first-order chi connectivity index (χ1) is 29.2. The molecule has 1 amide bonds. The van der Waals surface area contributed by atoms with E-state index in [4.69, 9.17) is 14.2 Å². The zero-order chi connectivity index (χ0) is 41.2. The number of amides is 1. The van der Waals surface area contributed by atoms with Crippen molar-refractivity contribution in [2.45, 2.75) is 42.5 Å². The molecule has 0 bridgehead atoms. The highest BCUT2D eigenvalue weighted by atomic mass is 32.2. The molecule has 3 fully saturated rings. The fourth-order valence-corrected chi connectivity index (χ4v) is 9.08. The van der Waals surface area contributed by atoms with Gasteiger partial charge in [-0.1, -0.05) is 42.5 Å². The molecule has 3 N–H and O–H groups in total. The number of nitrogens with one attached hydrogen (secondary N) is 3. The summed E-state index contributed by atoms with van der Waals surface area (Å²) < 4.78 is 47.1. The zero-order valence-corrected chi connectivity index (χ0v) is 33.5.